The van der Waals surface area contributed by atoms with Crippen LogP contribution in [0.2, 0.25) is 0 Å². The largest absolute Gasteiger partial charge is 0.369 e. The molecule has 6 heteroatoms. The molecule has 0 aliphatic carbocycles. The second-order valence-corrected chi connectivity index (χ2v) is 8.13. The van der Waals surface area contributed by atoms with E-state index < -0.39 is 9.84 Å². The van der Waals surface area contributed by atoms with Crippen LogP contribution in [0.15, 0.2) is 54.6 Å². The van der Waals surface area contributed by atoms with Crippen LogP contribution >= 0.6 is 0 Å². The molecule has 1 fully saturated rings. The lowest BCUT2D eigenvalue weighted by Gasteiger charge is -2.30. The van der Waals surface area contributed by atoms with E-state index in [2.05, 4.69) is 5.32 Å². The lowest BCUT2D eigenvalue weighted by Crippen LogP contribution is -2.41. The van der Waals surface area contributed by atoms with E-state index in [1.54, 1.807) is 6.07 Å². The highest BCUT2D eigenvalue weighted by atomic mass is 32.2. The molecule has 1 heterocycles. The highest BCUT2D eigenvalue weighted by Crippen LogP contribution is 2.22. The van der Waals surface area contributed by atoms with Crippen molar-refractivity contribution in [1.29, 1.82) is 0 Å². The van der Waals surface area contributed by atoms with E-state index in [9.17, 15) is 13.2 Å². The Bertz CT molecular complexity index is 805. The third kappa shape index (κ3) is 3.94. The number of hydrogen-bond acceptors (Lipinski definition) is 4. The molecule has 0 saturated carbocycles. The monoisotopic (exact) mass is 344 g/mol. The van der Waals surface area contributed by atoms with Crippen LogP contribution in [0.25, 0.3) is 0 Å². The van der Waals surface area contributed by atoms with Crippen molar-refractivity contribution in [3.05, 3.63) is 65.7 Å². The van der Waals surface area contributed by atoms with Crippen LogP contribution in [0.1, 0.15) is 15.9 Å². The highest BCUT2D eigenvalue weighted by Gasteiger charge is 2.24. The number of rotatable bonds is 4. The third-order valence-corrected chi connectivity index (χ3v) is 5.74. The van der Waals surface area contributed by atoms with Gasteiger partial charge in [0.25, 0.3) is 5.91 Å². The molecule has 0 spiro atoms. The second-order valence-electron chi connectivity index (χ2n) is 5.82. The van der Waals surface area contributed by atoms with Crippen molar-refractivity contribution in [2.75, 3.05) is 29.5 Å². The normalized spacial score (nSPS) is 16.6. The van der Waals surface area contributed by atoms with Gasteiger partial charge in [0.05, 0.1) is 17.1 Å². The predicted octanol–water partition coefficient (Wildman–Crippen LogP) is 1.85. The summed E-state index contributed by atoms with van der Waals surface area (Å²) in [5, 5.41) is 2.93. The lowest BCUT2D eigenvalue weighted by atomic mass is 10.1. The summed E-state index contributed by atoms with van der Waals surface area (Å²) in [5.74, 6) is 0.114. The Morgan fingerprint density at radius 2 is 1.58 bits per heavy atom. The van der Waals surface area contributed by atoms with Crippen molar-refractivity contribution in [3.8, 4) is 0 Å². The van der Waals surface area contributed by atoms with E-state index in [0.29, 0.717) is 25.2 Å². The average Bonchev–Trinajstić information content (AvgIpc) is 2.61. The van der Waals surface area contributed by atoms with Gasteiger partial charge in [-0.05, 0) is 17.7 Å². The highest BCUT2D eigenvalue weighted by molar-refractivity contribution is 7.91. The maximum atomic E-state index is 12.6. The topological polar surface area (TPSA) is 66.5 Å². The molecule has 0 unspecified atom stereocenters. The molecular weight excluding hydrogens is 324 g/mol. The Labute approximate surface area is 142 Å². The van der Waals surface area contributed by atoms with E-state index in [0.717, 1.165) is 11.3 Å². The van der Waals surface area contributed by atoms with Gasteiger partial charge in [0.1, 0.15) is 0 Å². The fourth-order valence-electron chi connectivity index (χ4n) is 2.77. The van der Waals surface area contributed by atoms with E-state index >= 15 is 0 Å². The van der Waals surface area contributed by atoms with Crippen LogP contribution < -0.4 is 10.2 Å². The number of carbonyl (C=O) groups excluding carboxylic acids is 1. The standard InChI is InChI=1S/C18H20N2O3S/c21-18(19-14-15-6-2-1-3-7-15)16-8-4-5-9-17(16)20-10-12-24(22,23)13-11-20/h1-9H,10-14H2,(H,19,21). The molecule has 2 aromatic carbocycles. The van der Waals surface area contributed by atoms with Crippen molar-refractivity contribution < 1.29 is 13.2 Å². The molecule has 1 saturated heterocycles. The first-order chi connectivity index (χ1) is 11.6. The van der Waals surface area contributed by atoms with E-state index in [4.69, 9.17) is 0 Å². The molecule has 24 heavy (non-hydrogen) atoms. The Balaban J connectivity index is 1.73. The number of anilines is 1. The van der Waals surface area contributed by atoms with Crippen LogP contribution in [0, 0.1) is 0 Å². The molecule has 1 N–H and O–H groups in total. The van der Waals surface area contributed by atoms with Crippen LogP contribution in [0.4, 0.5) is 5.69 Å². The predicted molar refractivity (Wildman–Crippen MR) is 94.9 cm³/mol. The number of amides is 1. The van der Waals surface area contributed by atoms with Crippen molar-refractivity contribution >= 4 is 21.4 Å². The maximum Gasteiger partial charge on any atom is 0.253 e. The summed E-state index contributed by atoms with van der Waals surface area (Å²) in [5.41, 5.74) is 2.40. The Hall–Kier alpha value is -2.34. The van der Waals surface area contributed by atoms with E-state index in [-0.39, 0.29) is 17.4 Å². The minimum absolute atomic E-state index is 0.132. The van der Waals surface area contributed by atoms with Gasteiger partial charge < -0.3 is 10.2 Å². The average molecular weight is 344 g/mol. The summed E-state index contributed by atoms with van der Waals surface area (Å²) in [6, 6.07) is 17.1. The van der Waals surface area contributed by atoms with Crippen molar-refractivity contribution in [2.45, 2.75) is 6.54 Å². The summed E-state index contributed by atoms with van der Waals surface area (Å²) in [6.45, 7) is 1.30. The number of nitrogens with zero attached hydrogens (tertiary/aromatic N) is 1. The van der Waals surface area contributed by atoms with Gasteiger partial charge in [-0.25, -0.2) is 8.42 Å². The first kappa shape index (κ1) is 16.5. The number of carbonyl (C=O) groups is 1. The van der Waals surface area contributed by atoms with Gasteiger partial charge in [-0.15, -0.1) is 0 Å². The number of benzene rings is 2. The molecule has 1 amide bonds. The Morgan fingerprint density at radius 3 is 2.29 bits per heavy atom. The minimum atomic E-state index is -2.95. The summed E-state index contributed by atoms with van der Waals surface area (Å²) in [6.07, 6.45) is 0. The van der Waals surface area contributed by atoms with Gasteiger partial charge >= 0.3 is 0 Å². The van der Waals surface area contributed by atoms with Crippen LogP contribution in [-0.4, -0.2) is 38.9 Å². The second kappa shape index (κ2) is 7.05. The number of hydrogen-bond donors (Lipinski definition) is 1. The van der Waals surface area contributed by atoms with Gasteiger partial charge in [-0.3, -0.25) is 4.79 Å². The molecule has 0 radical (unpaired) electrons. The molecule has 2 aromatic rings. The molecule has 0 bridgehead atoms. The molecule has 5 nitrogen and oxygen atoms in total. The minimum Gasteiger partial charge on any atom is -0.369 e. The van der Waals surface area contributed by atoms with Gasteiger partial charge in [0.15, 0.2) is 9.84 Å². The van der Waals surface area contributed by atoms with Crippen LogP contribution in [0.5, 0.6) is 0 Å². The lowest BCUT2D eigenvalue weighted by molar-refractivity contribution is 0.0951. The van der Waals surface area contributed by atoms with E-state index in [1.165, 1.54) is 0 Å². The van der Waals surface area contributed by atoms with Crippen molar-refractivity contribution in [3.63, 3.8) is 0 Å². The number of para-hydroxylation sites is 1. The molecule has 126 valence electrons. The molecule has 1 aliphatic heterocycles. The smallest absolute Gasteiger partial charge is 0.253 e. The summed E-state index contributed by atoms with van der Waals surface area (Å²) in [7, 11) is -2.95. The van der Waals surface area contributed by atoms with Gasteiger partial charge in [0.2, 0.25) is 0 Å². The van der Waals surface area contributed by atoms with Crippen LogP contribution in [-0.2, 0) is 16.4 Å². The Morgan fingerprint density at radius 1 is 0.958 bits per heavy atom. The van der Waals surface area contributed by atoms with E-state index in [1.807, 2.05) is 53.4 Å². The first-order valence-electron chi connectivity index (χ1n) is 7.92. The molecule has 3 rings (SSSR count). The summed E-state index contributed by atoms with van der Waals surface area (Å²) in [4.78, 5) is 14.5. The number of sulfone groups is 1. The zero-order valence-corrected chi connectivity index (χ0v) is 14.1. The van der Waals surface area contributed by atoms with Gasteiger partial charge in [-0.1, -0.05) is 42.5 Å². The zero-order valence-electron chi connectivity index (χ0n) is 13.3. The first-order valence-corrected chi connectivity index (χ1v) is 9.74. The van der Waals surface area contributed by atoms with Gasteiger partial charge in [0, 0.05) is 25.3 Å². The summed E-state index contributed by atoms with van der Waals surface area (Å²) < 4.78 is 23.2. The Kier molecular flexibility index (Phi) is 4.85. The van der Waals surface area contributed by atoms with Crippen LogP contribution in [0.3, 0.4) is 0 Å². The third-order valence-electron chi connectivity index (χ3n) is 4.13. The fraction of sp³-hybridized carbons (Fsp3) is 0.278. The van der Waals surface area contributed by atoms with Gasteiger partial charge in [-0.2, -0.15) is 0 Å². The molecule has 1 aliphatic rings. The quantitative estimate of drug-likeness (QED) is 0.919. The van der Waals surface area contributed by atoms with Crippen molar-refractivity contribution in [1.82, 2.24) is 5.32 Å². The maximum absolute atomic E-state index is 12.6. The number of nitrogens with one attached hydrogen (secondary N) is 1. The van der Waals surface area contributed by atoms with Crippen molar-refractivity contribution in [2.24, 2.45) is 0 Å². The molecule has 0 aromatic heterocycles. The zero-order chi connectivity index (χ0) is 17.0. The molecule has 0 atom stereocenters. The molecular formula is C18H20N2O3S. The fourth-order valence-corrected chi connectivity index (χ4v) is 3.97. The summed E-state index contributed by atoms with van der Waals surface area (Å²) >= 11 is 0. The SMILES string of the molecule is O=C(NCc1ccccc1)c1ccccc1N1CCS(=O)(=O)CC1.